The number of likely N-dealkylation sites (N-methyl/N-ethyl adjacent to an activating group) is 1. The molecule has 0 bridgehead atoms. The molecule has 1 amide bonds. The number of thioether (sulfide) groups is 1. The lowest BCUT2D eigenvalue weighted by Gasteiger charge is -2.27. The molecule has 1 aromatic carbocycles. The summed E-state index contributed by atoms with van der Waals surface area (Å²) in [6, 6.07) is 7.64. The van der Waals surface area contributed by atoms with Crippen molar-refractivity contribution in [3.8, 4) is 5.75 Å². The van der Waals surface area contributed by atoms with Crippen LogP contribution in [0.1, 0.15) is 0 Å². The summed E-state index contributed by atoms with van der Waals surface area (Å²) in [5.74, 6) is 2.91. The van der Waals surface area contributed by atoms with Gasteiger partial charge in [-0.15, -0.1) is 0 Å². The van der Waals surface area contributed by atoms with Crippen LogP contribution in [0.25, 0.3) is 0 Å². The average molecular weight is 359 g/mol. The fraction of sp³-hybridized carbons (Fsp3) is 0.500. The van der Waals surface area contributed by atoms with Crippen molar-refractivity contribution in [1.82, 2.24) is 10.2 Å². The number of hydrogen-bond donors (Lipinski definition) is 1. The SMILES string of the molecule is CN(CCOc1ccc(Br)cc1)C(=O)C1CSCCN1. The molecule has 0 radical (unpaired) electrons. The molecule has 4 nitrogen and oxygen atoms in total. The van der Waals surface area contributed by atoms with Crippen LogP contribution >= 0.6 is 27.7 Å². The highest BCUT2D eigenvalue weighted by atomic mass is 79.9. The third-order valence-electron chi connectivity index (χ3n) is 3.11. The van der Waals surface area contributed by atoms with E-state index in [1.807, 2.05) is 43.1 Å². The van der Waals surface area contributed by atoms with Crippen molar-refractivity contribution < 1.29 is 9.53 Å². The minimum atomic E-state index is -0.0496. The Hall–Kier alpha value is -0.720. The first-order valence-electron chi connectivity index (χ1n) is 6.61. The molecule has 20 heavy (non-hydrogen) atoms. The highest BCUT2D eigenvalue weighted by molar-refractivity contribution is 9.10. The van der Waals surface area contributed by atoms with Crippen LogP contribution in [-0.4, -0.2) is 55.1 Å². The van der Waals surface area contributed by atoms with Crippen molar-refractivity contribution in [2.24, 2.45) is 0 Å². The van der Waals surface area contributed by atoms with E-state index in [-0.39, 0.29) is 11.9 Å². The van der Waals surface area contributed by atoms with Crippen LogP contribution in [0.2, 0.25) is 0 Å². The van der Waals surface area contributed by atoms with E-state index in [0.717, 1.165) is 28.3 Å². The van der Waals surface area contributed by atoms with Gasteiger partial charge < -0.3 is 15.0 Å². The summed E-state index contributed by atoms with van der Waals surface area (Å²) in [5.41, 5.74) is 0. The molecule has 0 aromatic heterocycles. The zero-order valence-corrected chi connectivity index (χ0v) is 13.9. The first-order valence-corrected chi connectivity index (χ1v) is 8.56. The lowest BCUT2D eigenvalue weighted by Crippen LogP contribution is -2.50. The summed E-state index contributed by atoms with van der Waals surface area (Å²) < 4.78 is 6.65. The highest BCUT2D eigenvalue weighted by Gasteiger charge is 2.23. The fourth-order valence-corrected chi connectivity index (χ4v) is 3.12. The quantitative estimate of drug-likeness (QED) is 0.873. The summed E-state index contributed by atoms with van der Waals surface area (Å²) in [4.78, 5) is 13.9. The monoisotopic (exact) mass is 358 g/mol. The molecule has 110 valence electrons. The van der Waals surface area contributed by atoms with Gasteiger partial charge >= 0.3 is 0 Å². The number of carbonyl (C=O) groups is 1. The van der Waals surface area contributed by atoms with Crippen molar-refractivity contribution in [2.75, 3.05) is 38.2 Å². The van der Waals surface area contributed by atoms with Crippen LogP contribution < -0.4 is 10.1 Å². The van der Waals surface area contributed by atoms with E-state index in [9.17, 15) is 4.79 Å². The Kier molecular flexibility index (Phi) is 6.19. The van der Waals surface area contributed by atoms with Crippen LogP contribution in [-0.2, 0) is 4.79 Å². The molecular weight excluding hydrogens is 340 g/mol. The van der Waals surface area contributed by atoms with Gasteiger partial charge in [0, 0.05) is 29.6 Å². The van der Waals surface area contributed by atoms with Crippen molar-refractivity contribution in [2.45, 2.75) is 6.04 Å². The summed E-state index contributed by atoms with van der Waals surface area (Å²) in [6.45, 7) is 2.01. The predicted octanol–water partition coefficient (Wildman–Crippen LogP) is 1.99. The first kappa shape index (κ1) is 15.7. The number of nitrogens with zero attached hydrogens (tertiary/aromatic N) is 1. The van der Waals surface area contributed by atoms with Crippen LogP contribution in [0.3, 0.4) is 0 Å². The lowest BCUT2D eigenvalue weighted by atomic mass is 10.3. The van der Waals surface area contributed by atoms with Crippen LogP contribution in [0.5, 0.6) is 5.75 Å². The number of halogens is 1. The number of rotatable bonds is 5. The molecule has 1 aliphatic heterocycles. The van der Waals surface area contributed by atoms with Crippen molar-refractivity contribution in [3.63, 3.8) is 0 Å². The van der Waals surface area contributed by atoms with Gasteiger partial charge in [-0.05, 0) is 24.3 Å². The van der Waals surface area contributed by atoms with E-state index in [4.69, 9.17) is 4.74 Å². The first-order chi connectivity index (χ1) is 9.66. The number of nitrogens with one attached hydrogen (secondary N) is 1. The van der Waals surface area contributed by atoms with Gasteiger partial charge in [-0.25, -0.2) is 0 Å². The van der Waals surface area contributed by atoms with Gasteiger partial charge in [-0.3, -0.25) is 4.79 Å². The number of ether oxygens (including phenoxy) is 1. The molecule has 1 fully saturated rings. The Balaban J connectivity index is 1.72. The third-order valence-corrected chi connectivity index (χ3v) is 4.70. The van der Waals surface area contributed by atoms with Gasteiger partial charge in [-0.1, -0.05) is 15.9 Å². The fourth-order valence-electron chi connectivity index (χ4n) is 1.93. The summed E-state index contributed by atoms with van der Waals surface area (Å²) in [7, 11) is 1.83. The van der Waals surface area contributed by atoms with Gasteiger partial charge in [0.05, 0.1) is 12.6 Å². The molecule has 0 saturated carbocycles. The van der Waals surface area contributed by atoms with Crippen molar-refractivity contribution in [1.29, 1.82) is 0 Å². The maximum absolute atomic E-state index is 12.2. The van der Waals surface area contributed by atoms with E-state index in [1.54, 1.807) is 4.90 Å². The van der Waals surface area contributed by atoms with E-state index in [0.29, 0.717) is 13.2 Å². The molecule has 1 aromatic rings. The van der Waals surface area contributed by atoms with Gasteiger partial charge in [-0.2, -0.15) is 11.8 Å². The van der Waals surface area contributed by atoms with Crippen LogP contribution in [0.4, 0.5) is 0 Å². The van der Waals surface area contributed by atoms with Gasteiger partial charge in [0.15, 0.2) is 0 Å². The largest absolute Gasteiger partial charge is 0.492 e. The second kappa shape index (κ2) is 7.90. The van der Waals surface area contributed by atoms with Gasteiger partial charge in [0.1, 0.15) is 12.4 Å². The number of hydrogen-bond acceptors (Lipinski definition) is 4. The number of benzene rings is 1. The van der Waals surface area contributed by atoms with E-state index in [2.05, 4.69) is 21.2 Å². The highest BCUT2D eigenvalue weighted by Crippen LogP contribution is 2.16. The van der Waals surface area contributed by atoms with E-state index >= 15 is 0 Å². The van der Waals surface area contributed by atoms with Crippen molar-refractivity contribution >= 4 is 33.6 Å². The third kappa shape index (κ3) is 4.68. The Labute approximate surface area is 132 Å². The molecule has 0 aliphatic carbocycles. The minimum Gasteiger partial charge on any atom is -0.492 e. The van der Waals surface area contributed by atoms with Crippen LogP contribution in [0.15, 0.2) is 28.7 Å². The van der Waals surface area contributed by atoms with E-state index < -0.39 is 0 Å². The van der Waals surface area contributed by atoms with Crippen LogP contribution in [0, 0.1) is 0 Å². The second-order valence-electron chi connectivity index (χ2n) is 4.64. The normalized spacial score (nSPS) is 18.6. The maximum atomic E-state index is 12.2. The Morgan fingerprint density at radius 1 is 1.50 bits per heavy atom. The topological polar surface area (TPSA) is 41.6 Å². The molecule has 0 spiro atoms. The molecule has 1 saturated heterocycles. The summed E-state index contributed by atoms with van der Waals surface area (Å²) in [6.07, 6.45) is 0. The standard InChI is InChI=1S/C14H19BrN2O2S/c1-17(14(18)13-10-20-9-6-16-13)7-8-19-12-4-2-11(15)3-5-12/h2-5,13,16H,6-10H2,1H3. The second-order valence-corrected chi connectivity index (χ2v) is 6.71. The molecule has 1 unspecified atom stereocenters. The van der Waals surface area contributed by atoms with Gasteiger partial charge in [0.2, 0.25) is 5.91 Å². The zero-order chi connectivity index (χ0) is 14.4. The molecule has 1 aliphatic rings. The average Bonchev–Trinajstić information content (AvgIpc) is 2.49. The molecule has 2 rings (SSSR count). The molecule has 1 N–H and O–H groups in total. The molecule has 6 heteroatoms. The summed E-state index contributed by atoms with van der Waals surface area (Å²) >= 11 is 5.21. The Morgan fingerprint density at radius 2 is 2.25 bits per heavy atom. The van der Waals surface area contributed by atoms with Crippen molar-refractivity contribution in [3.05, 3.63) is 28.7 Å². The molecular formula is C14H19BrN2O2S. The molecule has 1 heterocycles. The molecule has 1 atom stereocenters. The number of carbonyl (C=O) groups excluding carboxylic acids is 1. The summed E-state index contributed by atoms with van der Waals surface area (Å²) in [5, 5.41) is 3.26. The Morgan fingerprint density at radius 3 is 2.90 bits per heavy atom. The lowest BCUT2D eigenvalue weighted by molar-refractivity contribution is -0.131. The number of amides is 1. The predicted molar refractivity (Wildman–Crippen MR) is 86.4 cm³/mol. The zero-order valence-electron chi connectivity index (χ0n) is 11.5. The van der Waals surface area contributed by atoms with E-state index in [1.165, 1.54) is 0 Å². The smallest absolute Gasteiger partial charge is 0.240 e. The minimum absolute atomic E-state index is 0.0496. The Bertz CT molecular complexity index is 435. The van der Waals surface area contributed by atoms with Gasteiger partial charge in [0.25, 0.3) is 0 Å². The maximum Gasteiger partial charge on any atom is 0.240 e.